The van der Waals surface area contributed by atoms with E-state index in [0.717, 1.165) is 4.73 Å². The summed E-state index contributed by atoms with van der Waals surface area (Å²) in [7, 11) is -0.841. The van der Waals surface area contributed by atoms with E-state index in [4.69, 9.17) is 0 Å². The van der Waals surface area contributed by atoms with Crippen molar-refractivity contribution in [2.45, 2.75) is 30.4 Å². The van der Waals surface area contributed by atoms with Gasteiger partial charge in [-0.05, 0) is 0 Å². The summed E-state index contributed by atoms with van der Waals surface area (Å²) in [6.45, 7) is 11.1. The Kier molecular flexibility index (Phi) is 4.03. The Morgan fingerprint density at radius 3 is 2.00 bits per heavy atom. The summed E-state index contributed by atoms with van der Waals surface area (Å²) in [5.74, 6) is 0. The molecule has 0 spiro atoms. The van der Waals surface area contributed by atoms with Gasteiger partial charge in [0.15, 0.2) is 0 Å². The van der Waals surface area contributed by atoms with Gasteiger partial charge in [-0.25, -0.2) is 0 Å². The van der Waals surface area contributed by atoms with E-state index in [1.807, 2.05) is 0 Å². The first-order valence-corrected chi connectivity index (χ1v) is 8.08. The summed E-state index contributed by atoms with van der Waals surface area (Å²) in [5, 5.41) is 0. The molecule has 0 aliphatic rings. The molecule has 0 saturated heterocycles. The van der Waals surface area contributed by atoms with E-state index in [-0.39, 0.29) is 0 Å². The zero-order chi connectivity index (χ0) is 7.49. The van der Waals surface area contributed by atoms with Crippen LogP contribution in [0.25, 0.3) is 0 Å². The molecule has 2 heteroatoms. The normalized spacial score (nSPS) is 11.3. The molecule has 0 amide bonds. The maximum atomic E-state index is 3.99. The van der Waals surface area contributed by atoms with Crippen LogP contribution < -0.4 is 0 Å². The van der Waals surface area contributed by atoms with Crippen molar-refractivity contribution >= 4 is 8.07 Å². The van der Waals surface area contributed by atoms with Gasteiger partial charge < -0.3 is 0 Å². The second-order valence-electron chi connectivity index (χ2n) is 3.66. The summed E-state index contributed by atoms with van der Waals surface area (Å²) in [5.41, 5.74) is 1.43. The number of hydrogen-bond acceptors (Lipinski definition) is 0. The molecule has 0 aliphatic carbocycles. The molecule has 0 bridgehead atoms. The zero-order valence-corrected chi connectivity index (χ0v) is 9.18. The molecule has 0 rings (SSSR count). The van der Waals surface area contributed by atoms with Crippen molar-refractivity contribution in [3.8, 4) is 0 Å². The van der Waals surface area contributed by atoms with E-state index in [2.05, 4.69) is 46.7 Å². The molecule has 0 N–H and O–H groups in total. The van der Waals surface area contributed by atoms with Gasteiger partial charge in [0.1, 0.15) is 0 Å². The third kappa shape index (κ3) is 6.56. The van der Waals surface area contributed by atoms with Crippen LogP contribution in [0.4, 0.5) is 0 Å². The maximum absolute atomic E-state index is 3.99. The average molecular weight is 175 g/mol. The van der Waals surface area contributed by atoms with Gasteiger partial charge in [-0.15, -0.1) is 0 Å². The molecular formula is C7H15SiTi. The zero-order valence-electron chi connectivity index (χ0n) is 6.62. The summed E-state index contributed by atoms with van der Waals surface area (Å²) < 4.78 is 1.16. The van der Waals surface area contributed by atoms with Crippen LogP contribution in [0, 0.1) is 0 Å². The van der Waals surface area contributed by atoms with Gasteiger partial charge in [0.25, 0.3) is 0 Å². The SMILES string of the molecule is C=C([CH2][Ti])C[Si](C)(C)C. The van der Waals surface area contributed by atoms with Crippen molar-refractivity contribution in [3.05, 3.63) is 12.2 Å². The summed E-state index contributed by atoms with van der Waals surface area (Å²) in [6.07, 6.45) is 0. The van der Waals surface area contributed by atoms with Gasteiger partial charge in [0.05, 0.1) is 0 Å². The number of hydrogen-bond donors (Lipinski definition) is 0. The Morgan fingerprint density at radius 1 is 1.44 bits per heavy atom. The Balaban J connectivity index is 3.60. The summed E-state index contributed by atoms with van der Waals surface area (Å²) in [4.78, 5) is 0. The Bertz CT molecular complexity index is 102. The van der Waals surface area contributed by atoms with E-state index in [9.17, 15) is 0 Å². The van der Waals surface area contributed by atoms with Crippen molar-refractivity contribution in [2.75, 3.05) is 0 Å². The monoisotopic (exact) mass is 175 g/mol. The van der Waals surface area contributed by atoms with Gasteiger partial charge >= 0.3 is 71.1 Å². The van der Waals surface area contributed by atoms with Crippen LogP contribution in [-0.4, -0.2) is 8.07 Å². The molecule has 0 heterocycles. The van der Waals surface area contributed by atoms with Crippen molar-refractivity contribution in [2.24, 2.45) is 0 Å². The quantitative estimate of drug-likeness (QED) is 0.457. The summed E-state index contributed by atoms with van der Waals surface area (Å²) in [6, 6.07) is 1.30. The second kappa shape index (κ2) is 3.75. The van der Waals surface area contributed by atoms with E-state index in [0.29, 0.717) is 0 Å². The van der Waals surface area contributed by atoms with Crippen LogP contribution in [0.2, 0.25) is 30.4 Å². The molecule has 0 aromatic heterocycles. The first-order valence-electron chi connectivity index (χ1n) is 3.27. The van der Waals surface area contributed by atoms with Crippen molar-refractivity contribution in [3.63, 3.8) is 0 Å². The van der Waals surface area contributed by atoms with Gasteiger partial charge in [-0.1, -0.05) is 0 Å². The van der Waals surface area contributed by atoms with Crippen LogP contribution in [0.3, 0.4) is 0 Å². The average Bonchev–Trinajstić information content (AvgIpc) is 1.62. The van der Waals surface area contributed by atoms with Gasteiger partial charge in [0.2, 0.25) is 0 Å². The van der Waals surface area contributed by atoms with E-state index in [1.54, 1.807) is 0 Å². The second-order valence-corrected chi connectivity index (χ2v) is 9.69. The van der Waals surface area contributed by atoms with Gasteiger partial charge in [-0.2, -0.15) is 0 Å². The molecule has 0 aliphatic heterocycles. The fourth-order valence-corrected chi connectivity index (χ4v) is 3.02. The van der Waals surface area contributed by atoms with E-state index < -0.39 is 8.07 Å². The van der Waals surface area contributed by atoms with Crippen LogP contribution in [0.5, 0.6) is 0 Å². The standard InChI is InChI=1S/C7H15Si.Ti/c1-7(2)6-8(3,4)5;/h1-2,6H2,3-5H3;. The Hall–Kier alpha value is 0.671. The molecule has 0 aromatic carbocycles. The predicted molar refractivity (Wildman–Crippen MR) is 42.1 cm³/mol. The van der Waals surface area contributed by atoms with Crippen LogP contribution >= 0.6 is 0 Å². The minimum absolute atomic E-state index is 0.841. The molecule has 9 heavy (non-hydrogen) atoms. The van der Waals surface area contributed by atoms with Crippen LogP contribution in [0.15, 0.2) is 12.2 Å². The molecule has 0 fully saturated rings. The third-order valence-corrected chi connectivity index (χ3v) is 3.37. The summed E-state index contributed by atoms with van der Waals surface area (Å²) >= 11 is 2.18. The molecule has 0 nitrogen and oxygen atoms in total. The van der Waals surface area contributed by atoms with Crippen molar-refractivity contribution in [1.29, 1.82) is 0 Å². The van der Waals surface area contributed by atoms with Crippen LogP contribution in [0.1, 0.15) is 0 Å². The Morgan fingerprint density at radius 2 is 1.89 bits per heavy atom. The molecule has 0 aromatic rings. The molecule has 0 saturated carbocycles. The molecule has 51 valence electrons. The molecule has 0 unspecified atom stereocenters. The predicted octanol–water partition coefficient (Wildman–Crippen LogP) is 2.85. The van der Waals surface area contributed by atoms with E-state index in [1.165, 1.54) is 11.6 Å². The molecule has 0 radical (unpaired) electrons. The topological polar surface area (TPSA) is 0 Å². The van der Waals surface area contributed by atoms with Crippen LogP contribution in [-0.2, 0) is 20.4 Å². The first-order chi connectivity index (χ1) is 3.95. The van der Waals surface area contributed by atoms with E-state index >= 15 is 0 Å². The van der Waals surface area contributed by atoms with Gasteiger partial charge in [0, 0.05) is 0 Å². The minimum atomic E-state index is -0.841. The third-order valence-electron chi connectivity index (χ3n) is 1.03. The molecule has 0 atom stereocenters. The first kappa shape index (κ1) is 9.67. The number of rotatable bonds is 3. The Labute approximate surface area is 71.1 Å². The van der Waals surface area contributed by atoms with Gasteiger partial charge in [-0.3, -0.25) is 0 Å². The fraction of sp³-hybridized carbons (Fsp3) is 0.714. The van der Waals surface area contributed by atoms with Crippen molar-refractivity contribution < 1.29 is 20.4 Å². The molecular weight excluding hydrogens is 160 g/mol. The van der Waals surface area contributed by atoms with Crippen molar-refractivity contribution in [1.82, 2.24) is 0 Å². The fourth-order valence-electron chi connectivity index (χ4n) is 0.812. The number of allylic oxidation sites excluding steroid dienone is 1.